The van der Waals surface area contributed by atoms with E-state index in [2.05, 4.69) is 0 Å². The summed E-state index contributed by atoms with van der Waals surface area (Å²) in [7, 11) is 0. The highest BCUT2D eigenvalue weighted by atomic mass is 16.7. The zero-order valence-electron chi connectivity index (χ0n) is 9.37. The van der Waals surface area contributed by atoms with Gasteiger partial charge in [-0.25, -0.2) is 4.79 Å². The molecule has 2 fully saturated rings. The number of carbonyl (C=O) groups excluding carboxylic acids is 1. The van der Waals surface area contributed by atoms with Crippen LogP contribution in [-0.2, 0) is 14.2 Å². The van der Waals surface area contributed by atoms with Crippen molar-refractivity contribution in [3.63, 3.8) is 0 Å². The number of ether oxygens (including phenoxy) is 3. The molecule has 3 rings (SSSR count). The molecular weight excluding hydrogens is 220 g/mol. The molecule has 0 amide bonds. The molecule has 2 heterocycles. The molecule has 4 nitrogen and oxygen atoms in total. The van der Waals surface area contributed by atoms with Gasteiger partial charge in [-0.05, 0) is 18.6 Å². The first-order valence-electron chi connectivity index (χ1n) is 5.84. The van der Waals surface area contributed by atoms with Crippen LogP contribution in [0.25, 0.3) is 0 Å². The Labute approximate surface area is 99.5 Å². The normalized spacial score (nSPS) is 31.2. The first kappa shape index (κ1) is 10.7. The Bertz CT molecular complexity index is 403. The van der Waals surface area contributed by atoms with E-state index in [1.54, 1.807) is 12.1 Å². The maximum absolute atomic E-state index is 11.9. The Hall–Kier alpha value is -1.39. The highest BCUT2D eigenvalue weighted by Crippen LogP contribution is 2.33. The van der Waals surface area contributed by atoms with Gasteiger partial charge in [-0.2, -0.15) is 0 Å². The largest absolute Gasteiger partial charge is 0.456 e. The van der Waals surface area contributed by atoms with Crippen molar-refractivity contribution in [2.45, 2.75) is 18.8 Å². The van der Waals surface area contributed by atoms with Gasteiger partial charge in [-0.1, -0.05) is 18.2 Å². The number of hydrogen-bond donors (Lipinski definition) is 0. The van der Waals surface area contributed by atoms with E-state index in [1.807, 2.05) is 18.2 Å². The Morgan fingerprint density at radius 1 is 1.24 bits per heavy atom. The van der Waals surface area contributed by atoms with Crippen LogP contribution in [-0.4, -0.2) is 31.6 Å². The van der Waals surface area contributed by atoms with E-state index in [-0.39, 0.29) is 24.3 Å². The minimum atomic E-state index is -0.285. The van der Waals surface area contributed by atoms with Crippen molar-refractivity contribution in [3.05, 3.63) is 35.9 Å². The van der Waals surface area contributed by atoms with Crippen molar-refractivity contribution in [1.29, 1.82) is 0 Å². The summed E-state index contributed by atoms with van der Waals surface area (Å²) in [5.41, 5.74) is 0.579. The second-order valence-electron chi connectivity index (χ2n) is 4.33. The van der Waals surface area contributed by atoms with Crippen molar-refractivity contribution >= 4 is 5.97 Å². The highest BCUT2D eigenvalue weighted by molar-refractivity contribution is 5.89. The summed E-state index contributed by atoms with van der Waals surface area (Å²) in [5.74, 6) is -0.0885. The quantitative estimate of drug-likeness (QED) is 0.729. The molecule has 2 saturated heterocycles. The van der Waals surface area contributed by atoms with E-state index in [4.69, 9.17) is 14.2 Å². The minimum absolute atomic E-state index is 0.171. The van der Waals surface area contributed by atoms with Gasteiger partial charge in [0.2, 0.25) is 0 Å². The molecule has 0 radical (unpaired) electrons. The van der Waals surface area contributed by atoms with Crippen LogP contribution in [0.4, 0.5) is 0 Å². The third-order valence-electron chi connectivity index (χ3n) is 3.25. The van der Waals surface area contributed by atoms with Crippen molar-refractivity contribution in [2.24, 2.45) is 5.92 Å². The lowest BCUT2D eigenvalue weighted by atomic mass is 10.0. The van der Waals surface area contributed by atoms with Gasteiger partial charge in [0.15, 0.2) is 6.29 Å². The van der Waals surface area contributed by atoms with Crippen molar-refractivity contribution in [2.75, 3.05) is 13.2 Å². The van der Waals surface area contributed by atoms with Crippen LogP contribution in [0.5, 0.6) is 0 Å². The summed E-state index contributed by atoms with van der Waals surface area (Å²) in [5, 5.41) is 0. The summed E-state index contributed by atoms with van der Waals surface area (Å²) in [6, 6.07) is 9.02. The number of carbonyl (C=O) groups is 1. The van der Waals surface area contributed by atoms with Crippen molar-refractivity contribution in [1.82, 2.24) is 0 Å². The van der Waals surface area contributed by atoms with Gasteiger partial charge in [0, 0.05) is 0 Å². The van der Waals surface area contributed by atoms with E-state index < -0.39 is 0 Å². The predicted octanol–water partition coefficient (Wildman–Crippen LogP) is 1.60. The molecule has 0 aliphatic carbocycles. The molecular formula is C13H14O4. The lowest BCUT2D eigenvalue weighted by Gasteiger charge is -2.15. The summed E-state index contributed by atoms with van der Waals surface area (Å²) in [4.78, 5) is 11.9. The molecule has 1 aromatic carbocycles. The average Bonchev–Trinajstić information content (AvgIpc) is 2.95. The molecule has 2 aliphatic heterocycles. The zero-order valence-corrected chi connectivity index (χ0v) is 9.37. The number of hydrogen-bond acceptors (Lipinski definition) is 4. The molecule has 0 saturated carbocycles. The Balaban J connectivity index is 1.66. The summed E-state index contributed by atoms with van der Waals surface area (Å²) in [6.45, 7) is 1.13. The van der Waals surface area contributed by atoms with Crippen LogP contribution in [0.1, 0.15) is 16.8 Å². The second kappa shape index (κ2) is 4.47. The van der Waals surface area contributed by atoms with Gasteiger partial charge in [0.25, 0.3) is 0 Å². The van der Waals surface area contributed by atoms with Gasteiger partial charge in [-0.3, -0.25) is 0 Å². The monoisotopic (exact) mass is 234 g/mol. The fourth-order valence-corrected chi connectivity index (χ4v) is 2.33. The van der Waals surface area contributed by atoms with Gasteiger partial charge in [0.05, 0.1) is 24.7 Å². The lowest BCUT2D eigenvalue weighted by molar-refractivity contribution is -0.0907. The zero-order chi connectivity index (χ0) is 11.7. The van der Waals surface area contributed by atoms with E-state index in [9.17, 15) is 4.79 Å². The molecule has 17 heavy (non-hydrogen) atoms. The number of esters is 1. The molecule has 0 spiro atoms. The molecule has 0 bridgehead atoms. The average molecular weight is 234 g/mol. The molecule has 0 unspecified atom stereocenters. The molecule has 3 atom stereocenters. The SMILES string of the molecule is O=C(O[C@H]1CO[C@H]2OCC[C@H]21)c1ccccc1. The Morgan fingerprint density at radius 2 is 2.06 bits per heavy atom. The highest BCUT2D eigenvalue weighted by Gasteiger charge is 2.43. The minimum Gasteiger partial charge on any atom is -0.456 e. The molecule has 90 valence electrons. The Kier molecular flexibility index (Phi) is 2.82. The lowest BCUT2D eigenvalue weighted by Crippen LogP contribution is -2.26. The smallest absolute Gasteiger partial charge is 0.338 e. The first-order chi connectivity index (χ1) is 8.34. The molecule has 0 N–H and O–H groups in total. The Morgan fingerprint density at radius 3 is 2.88 bits per heavy atom. The molecule has 1 aromatic rings. The molecule has 4 heteroatoms. The molecule has 2 aliphatic rings. The third-order valence-corrected chi connectivity index (χ3v) is 3.25. The van der Waals surface area contributed by atoms with Gasteiger partial charge in [0.1, 0.15) is 6.10 Å². The van der Waals surface area contributed by atoms with Gasteiger partial charge >= 0.3 is 5.97 Å². The maximum Gasteiger partial charge on any atom is 0.338 e. The fourth-order valence-electron chi connectivity index (χ4n) is 2.33. The standard InChI is InChI=1S/C13H14O4/c14-12(9-4-2-1-3-5-9)17-11-8-16-13-10(11)6-7-15-13/h1-5,10-11,13H,6-8H2/t10-,11-,13+/m0/s1. The second-order valence-corrected chi connectivity index (χ2v) is 4.33. The summed E-state index contributed by atoms with van der Waals surface area (Å²) < 4.78 is 16.3. The van der Waals surface area contributed by atoms with Crippen LogP contribution in [0, 0.1) is 5.92 Å². The van der Waals surface area contributed by atoms with Crippen molar-refractivity contribution in [3.8, 4) is 0 Å². The van der Waals surface area contributed by atoms with Crippen LogP contribution in [0.15, 0.2) is 30.3 Å². The van der Waals surface area contributed by atoms with E-state index in [0.717, 1.165) is 6.42 Å². The topological polar surface area (TPSA) is 44.8 Å². The fraction of sp³-hybridized carbons (Fsp3) is 0.462. The third kappa shape index (κ3) is 2.06. The predicted molar refractivity (Wildman–Crippen MR) is 59.4 cm³/mol. The first-order valence-corrected chi connectivity index (χ1v) is 5.84. The van der Waals surface area contributed by atoms with E-state index in [0.29, 0.717) is 18.8 Å². The van der Waals surface area contributed by atoms with E-state index >= 15 is 0 Å². The number of benzene rings is 1. The van der Waals surface area contributed by atoms with Gasteiger partial charge < -0.3 is 14.2 Å². The van der Waals surface area contributed by atoms with E-state index in [1.165, 1.54) is 0 Å². The summed E-state index contributed by atoms with van der Waals surface area (Å²) in [6.07, 6.45) is 0.552. The van der Waals surface area contributed by atoms with Gasteiger partial charge in [-0.15, -0.1) is 0 Å². The molecule has 0 aromatic heterocycles. The number of rotatable bonds is 2. The van der Waals surface area contributed by atoms with Crippen LogP contribution in [0.2, 0.25) is 0 Å². The van der Waals surface area contributed by atoms with Crippen molar-refractivity contribution < 1.29 is 19.0 Å². The maximum atomic E-state index is 11.9. The van der Waals surface area contributed by atoms with Crippen LogP contribution in [0.3, 0.4) is 0 Å². The summed E-state index contributed by atoms with van der Waals surface area (Å²) >= 11 is 0. The van der Waals surface area contributed by atoms with Crippen LogP contribution < -0.4 is 0 Å². The number of fused-ring (bicyclic) bond motifs is 1. The van der Waals surface area contributed by atoms with Crippen LogP contribution >= 0.6 is 0 Å².